The average molecular weight is 439 g/mol. The third-order valence-electron chi connectivity index (χ3n) is 7.61. The minimum Gasteiger partial charge on any atom is -0.367 e. The molecule has 3 aliphatic heterocycles. The van der Waals surface area contributed by atoms with Crippen molar-refractivity contribution in [3.8, 4) is 0 Å². The van der Waals surface area contributed by atoms with Crippen LogP contribution in [0, 0.1) is 11.8 Å². The summed E-state index contributed by atoms with van der Waals surface area (Å²) in [5, 5.41) is 11.7. The zero-order valence-electron chi connectivity index (χ0n) is 19.1. The second-order valence-corrected chi connectivity index (χ2v) is 9.70. The zero-order valence-corrected chi connectivity index (χ0v) is 19.1. The van der Waals surface area contributed by atoms with Crippen LogP contribution in [0.1, 0.15) is 37.8 Å². The maximum absolute atomic E-state index is 12.5. The van der Waals surface area contributed by atoms with Gasteiger partial charge in [0.2, 0.25) is 11.8 Å². The summed E-state index contributed by atoms with van der Waals surface area (Å²) in [6, 6.07) is 6.29. The van der Waals surface area contributed by atoms with E-state index in [1.54, 1.807) is 0 Å². The molecule has 0 aliphatic carbocycles. The molecule has 32 heavy (non-hydrogen) atoms. The van der Waals surface area contributed by atoms with E-state index < -0.39 is 0 Å². The minimum absolute atomic E-state index is 0.191. The SMILES string of the molecule is C[C@H]1CNCC[C@H]1CN1CCN(c2cccc3c(C4CCC(=O)NC4=O)nn(C)c23)CC1. The number of carbonyl (C=O) groups is 2. The van der Waals surface area contributed by atoms with Gasteiger partial charge in [0.15, 0.2) is 0 Å². The fourth-order valence-electron chi connectivity index (χ4n) is 5.65. The monoisotopic (exact) mass is 438 g/mol. The van der Waals surface area contributed by atoms with Crippen LogP contribution in [0.4, 0.5) is 5.69 Å². The number of aromatic nitrogens is 2. The molecule has 2 aromatic rings. The number of amides is 2. The fraction of sp³-hybridized carbons (Fsp3) is 0.625. The third-order valence-corrected chi connectivity index (χ3v) is 7.61. The molecule has 0 bridgehead atoms. The summed E-state index contributed by atoms with van der Waals surface area (Å²) in [4.78, 5) is 29.1. The van der Waals surface area contributed by atoms with E-state index >= 15 is 0 Å². The Bertz CT molecular complexity index is 1010. The van der Waals surface area contributed by atoms with Crippen molar-refractivity contribution in [2.75, 3.05) is 50.7 Å². The summed E-state index contributed by atoms with van der Waals surface area (Å²) in [6.07, 6.45) is 2.17. The number of carbonyl (C=O) groups excluding carboxylic acids is 2. The van der Waals surface area contributed by atoms with Crippen LogP contribution in [0.2, 0.25) is 0 Å². The number of hydrogen-bond donors (Lipinski definition) is 2. The molecule has 5 rings (SSSR count). The molecule has 8 heteroatoms. The van der Waals surface area contributed by atoms with Crippen molar-refractivity contribution in [1.29, 1.82) is 0 Å². The van der Waals surface area contributed by atoms with Gasteiger partial charge in [-0.05, 0) is 43.8 Å². The first-order valence-electron chi connectivity index (χ1n) is 12.0. The Hall–Kier alpha value is -2.45. The van der Waals surface area contributed by atoms with Crippen molar-refractivity contribution in [2.24, 2.45) is 18.9 Å². The van der Waals surface area contributed by atoms with Crippen LogP contribution in [0.5, 0.6) is 0 Å². The number of anilines is 1. The van der Waals surface area contributed by atoms with E-state index in [2.05, 4.69) is 45.6 Å². The molecule has 3 fully saturated rings. The molecule has 3 atom stereocenters. The van der Waals surface area contributed by atoms with E-state index in [4.69, 9.17) is 5.10 Å². The second-order valence-electron chi connectivity index (χ2n) is 9.70. The molecule has 1 aromatic heterocycles. The molecule has 3 saturated heterocycles. The predicted molar refractivity (Wildman–Crippen MR) is 125 cm³/mol. The van der Waals surface area contributed by atoms with Crippen LogP contribution >= 0.6 is 0 Å². The lowest BCUT2D eigenvalue weighted by atomic mass is 9.87. The number of hydrogen-bond acceptors (Lipinski definition) is 6. The number of para-hydroxylation sites is 1. The van der Waals surface area contributed by atoms with Gasteiger partial charge < -0.3 is 10.2 Å². The third kappa shape index (κ3) is 4.01. The molecule has 4 heterocycles. The van der Waals surface area contributed by atoms with Gasteiger partial charge in [-0.3, -0.25) is 24.5 Å². The van der Waals surface area contributed by atoms with E-state index in [9.17, 15) is 9.59 Å². The second kappa shape index (κ2) is 8.83. The first-order valence-corrected chi connectivity index (χ1v) is 12.0. The molecule has 0 spiro atoms. The summed E-state index contributed by atoms with van der Waals surface area (Å²) in [7, 11) is 1.95. The number of imide groups is 1. The number of nitrogens with zero attached hydrogens (tertiary/aromatic N) is 4. The smallest absolute Gasteiger partial charge is 0.235 e. The van der Waals surface area contributed by atoms with Crippen LogP contribution < -0.4 is 15.5 Å². The minimum atomic E-state index is -0.365. The number of benzene rings is 1. The van der Waals surface area contributed by atoms with Gasteiger partial charge in [0.05, 0.1) is 22.8 Å². The van der Waals surface area contributed by atoms with E-state index in [0.717, 1.165) is 67.7 Å². The molecule has 2 amide bonds. The maximum Gasteiger partial charge on any atom is 0.235 e. The molecule has 172 valence electrons. The van der Waals surface area contributed by atoms with Gasteiger partial charge in [0.1, 0.15) is 0 Å². The highest BCUT2D eigenvalue weighted by molar-refractivity contribution is 6.03. The highest BCUT2D eigenvalue weighted by Gasteiger charge is 2.32. The summed E-state index contributed by atoms with van der Waals surface area (Å²) < 4.78 is 1.91. The molecule has 3 aliphatic rings. The van der Waals surface area contributed by atoms with E-state index in [-0.39, 0.29) is 17.7 Å². The largest absolute Gasteiger partial charge is 0.367 e. The van der Waals surface area contributed by atoms with Crippen molar-refractivity contribution >= 4 is 28.4 Å². The molecular weight excluding hydrogens is 404 g/mol. The standard InChI is InChI=1S/C24H34N6O2/c1-16-14-25-9-8-17(16)15-29-10-12-30(13-11-29)20-5-3-4-18-22(27-28(2)23(18)20)19-6-7-21(31)26-24(19)32/h3-5,16-17,19,25H,6-15H2,1-2H3,(H,26,31,32)/t16-,17-,19?/m0/s1. The lowest BCUT2D eigenvalue weighted by Crippen LogP contribution is -2.50. The molecule has 8 nitrogen and oxygen atoms in total. The average Bonchev–Trinajstić information content (AvgIpc) is 3.12. The van der Waals surface area contributed by atoms with Gasteiger partial charge in [-0.25, -0.2) is 0 Å². The number of nitrogens with one attached hydrogen (secondary N) is 2. The Morgan fingerprint density at radius 2 is 1.94 bits per heavy atom. The van der Waals surface area contributed by atoms with Crippen LogP contribution in [0.15, 0.2) is 18.2 Å². The topological polar surface area (TPSA) is 82.5 Å². The van der Waals surface area contributed by atoms with Crippen LogP contribution in [0.25, 0.3) is 10.9 Å². The highest BCUT2D eigenvalue weighted by Crippen LogP contribution is 2.35. The van der Waals surface area contributed by atoms with Gasteiger partial charge in [0, 0.05) is 51.6 Å². The predicted octanol–water partition coefficient (Wildman–Crippen LogP) is 1.46. The normalized spacial score (nSPS) is 27.7. The van der Waals surface area contributed by atoms with E-state index in [1.807, 2.05) is 11.7 Å². The Balaban J connectivity index is 1.33. The van der Waals surface area contributed by atoms with Gasteiger partial charge in [-0.2, -0.15) is 5.10 Å². The number of aryl methyl sites for hydroxylation is 1. The number of fused-ring (bicyclic) bond motifs is 1. The number of rotatable bonds is 4. The molecule has 1 unspecified atom stereocenters. The Morgan fingerprint density at radius 1 is 1.12 bits per heavy atom. The molecule has 2 N–H and O–H groups in total. The van der Waals surface area contributed by atoms with Gasteiger partial charge in [0.25, 0.3) is 0 Å². The highest BCUT2D eigenvalue weighted by atomic mass is 16.2. The lowest BCUT2D eigenvalue weighted by molar-refractivity contribution is -0.134. The molecule has 0 saturated carbocycles. The molecule has 1 aromatic carbocycles. The van der Waals surface area contributed by atoms with Crippen molar-refractivity contribution in [1.82, 2.24) is 25.3 Å². The van der Waals surface area contributed by atoms with Crippen molar-refractivity contribution in [2.45, 2.75) is 32.1 Å². The summed E-state index contributed by atoms with van der Waals surface area (Å²) in [5.41, 5.74) is 3.05. The van der Waals surface area contributed by atoms with Crippen molar-refractivity contribution < 1.29 is 9.59 Å². The fourth-order valence-corrected chi connectivity index (χ4v) is 5.65. The number of piperazine rings is 1. The summed E-state index contributed by atoms with van der Waals surface area (Å²) >= 11 is 0. The summed E-state index contributed by atoms with van der Waals surface area (Å²) in [6.45, 7) is 10.0. The first-order chi connectivity index (χ1) is 15.5. The Morgan fingerprint density at radius 3 is 2.69 bits per heavy atom. The quantitative estimate of drug-likeness (QED) is 0.704. The van der Waals surface area contributed by atoms with E-state index in [0.29, 0.717) is 12.8 Å². The molecular formula is C24H34N6O2. The van der Waals surface area contributed by atoms with Gasteiger partial charge in [-0.1, -0.05) is 19.1 Å². The van der Waals surface area contributed by atoms with Crippen LogP contribution in [0.3, 0.4) is 0 Å². The van der Waals surface area contributed by atoms with E-state index in [1.165, 1.54) is 18.7 Å². The van der Waals surface area contributed by atoms with Crippen LogP contribution in [-0.2, 0) is 16.6 Å². The van der Waals surface area contributed by atoms with Crippen LogP contribution in [-0.4, -0.2) is 72.3 Å². The molecule has 0 radical (unpaired) electrons. The van der Waals surface area contributed by atoms with Gasteiger partial charge >= 0.3 is 0 Å². The summed E-state index contributed by atoms with van der Waals surface area (Å²) in [5.74, 6) is 0.752. The Labute approximate surface area is 189 Å². The van der Waals surface area contributed by atoms with Crippen molar-refractivity contribution in [3.63, 3.8) is 0 Å². The lowest BCUT2D eigenvalue weighted by Gasteiger charge is -2.40. The van der Waals surface area contributed by atoms with Crippen molar-refractivity contribution in [3.05, 3.63) is 23.9 Å². The Kier molecular flexibility index (Phi) is 5.90. The van der Waals surface area contributed by atoms with Gasteiger partial charge in [-0.15, -0.1) is 0 Å². The first kappa shape index (κ1) is 21.4. The number of piperidine rings is 2. The maximum atomic E-state index is 12.5. The zero-order chi connectivity index (χ0) is 22.2.